The summed E-state index contributed by atoms with van der Waals surface area (Å²) in [6.45, 7) is 7.69. The number of fused-ring (bicyclic) bond motifs is 1. The van der Waals surface area contributed by atoms with E-state index in [9.17, 15) is 9.59 Å². The minimum atomic E-state index is -0.480. The number of hydrogen-bond donors (Lipinski definition) is 0. The van der Waals surface area contributed by atoms with Gasteiger partial charge in [0.1, 0.15) is 5.60 Å². The molecule has 4 rings (SSSR count). The lowest BCUT2D eigenvalue weighted by Crippen LogP contribution is -2.46. The maximum atomic E-state index is 12.7. The first-order chi connectivity index (χ1) is 12.7. The van der Waals surface area contributed by atoms with Crippen molar-refractivity contribution in [3.05, 3.63) is 29.6 Å². The average Bonchev–Trinajstić information content (AvgIpc) is 3.18. The number of thiophene rings is 1. The molecule has 2 aliphatic rings. The van der Waals surface area contributed by atoms with E-state index in [0.717, 1.165) is 25.1 Å². The molecule has 0 N–H and O–H groups in total. The van der Waals surface area contributed by atoms with E-state index < -0.39 is 5.60 Å². The van der Waals surface area contributed by atoms with Gasteiger partial charge in [-0.25, -0.2) is 4.79 Å². The van der Waals surface area contributed by atoms with E-state index in [1.54, 1.807) is 16.2 Å². The molecule has 2 saturated heterocycles. The number of carbonyl (C=O) groups is 2. The van der Waals surface area contributed by atoms with Crippen molar-refractivity contribution in [2.24, 2.45) is 5.41 Å². The molecule has 2 aromatic rings. The van der Waals surface area contributed by atoms with Crippen LogP contribution in [0.4, 0.5) is 10.5 Å². The molecule has 27 heavy (non-hydrogen) atoms. The molecule has 1 aromatic carbocycles. The number of likely N-dealkylation sites (tertiary alicyclic amines) is 1. The second-order valence-electron chi connectivity index (χ2n) is 8.77. The van der Waals surface area contributed by atoms with Gasteiger partial charge in [-0.2, -0.15) is 0 Å². The predicted molar refractivity (Wildman–Crippen MR) is 108 cm³/mol. The molecule has 2 fully saturated rings. The zero-order chi connectivity index (χ0) is 19.2. The summed E-state index contributed by atoms with van der Waals surface area (Å²) in [7, 11) is 0. The Morgan fingerprint density at radius 3 is 2.63 bits per heavy atom. The fourth-order valence-corrected chi connectivity index (χ4v) is 4.85. The Morgan fingerprint density at radius 2 is 1.93 bits per heavy atom. The van der Waals surface area contributed by atoms with Crippen molar-refractivity contribution in [3.8, 4) is 0 Å². The minimum absolute atomic E-state index is 0.0286. The molecule has 5 nitrogen and oxygen atoms in total. The van der Waals surface area contributed by atoms with Crippen LogP contribution >= 0.6 is 11.3 Å². The maximum Gasteiger partial charge on any atom is 0.410 e. The second kappa shape index (κ2) is 6.51. The highest BCUT2D eigenvalue weighted by molar-refractivity contribution is 7.17. The predicted octanol–water partition coefficient (Wildman–Crippen LogP) is 4.66. The Balaban J connectivity index is 1.44. The van der Waals surface area contributed by atoms with Crippen LogP contribution in [-0.2, 0) is 9.53 Å². The summed E-state index contributed by atoms with van der Waals surface area (Å²) in [5, 5.41) is 3.26. The number of hydrogen-bond acceptors (Lipinski definition) is 4. The third-order valence-electron chi connectivity index (χ3n) is 5.54. The molecule has 144 valence electrons. The van der Waals surface area contributed by atoms with Crippen LogP contribution < -0.4 is 4.90 Å². The molecule has 0 bridgehead atoms. The smallest absolute Gasteiger partial charge is 0.410 e. The van der Waals surface area contributed by atoms with Crippen molar-refractivity contribution >= 4 is 39.1 Å². The molecule has 0 aliphatic carbocycles. The van der Waals surface area contributed by atoms with E-state index in [4.69, 9.17) is 4.74 Å². The van der Waals surface area contributed by atoms with Crippen LogP contribution in [0.5, 0.6) is 0 Å². The van der Waals surface area contributed by atoms with Crippen molar-refractivity contribution in [2.75, 3.05) is 24.5 Å². The highest BCUT2D eigenvalue weighted by atomic mass is 32.1. The molecule has 1 aromatic heterocycles. The zero-order valence-electron chi connectivity index (χ0n) is 16.2. The first-order valence-electron chi connectivity index (χ1n) is 9.50. The fraction of sp³-hybridized carbons (Fsp3) is 0.524. The van der Waals surface area contributed by atoms with Gasteiger partial charge in [0.2, 0.25) is 5.91 Å². The van der Waals surface area contributed by atoms with Crippen LogP contribution in [0.2, 0.25) is 0 Å². The van der Waals surface area contributed by atoms with Crippen LogP contribution in [0.15, 0.2) is 29.6 Å². The van der Waals surface area contributed by atoms with Crippen LogP contribution in [0.3, 0.4) is 0 Å². The first kappa shape index (κ1) is 18.3. The molecule has 6 heteroatoms. The van der Waals surface area contributed by atoms with E-state index in [0.29, 0.717) is 19.5 Å². The first-order valence-corrected chi connectivity index (χ1v) is 10.4. The number of nitrogens with zero attached hydrogens (tertiary/aromatic N) is 2. The van der Waals surface area contributed by atoms with Crippen LogP contribution in [-0.4, -0.2) is 42.1 Å². The number of rotatable bonds is 1. The van der Waals surface area contributed by atoms with E-state index in [2.05, 4.69) is 23.6 Å². The Hall–Kier alpha value is -2.08. The molecule has 3 heterocycles. The number of ether oxygens (including phenoxy) is 1. The number of anilines is 1. The highest BCUT2D eigenvalue weighted by Crippen LogP contribution is 2.43. The summed E-state index contributed by atoms with van der Waals surface area (Å²) >= 11 is 1.71. The Labute approximate surface area is 163 Å². The van der Waals surface area contributed by atoms with Gasteiger partial charge >= 0.3 is 6.09 Å². The summed E-state index contributed by atoms with van der Waals surface area (Å²) in [5.41, 5.74) is 0.476. The monoisotopic (exact) mass is 386 g/mol. The van der Waals surface area contributed by atoms with Gasteiger partial charge in [-0.05, 0) is 68.6 Å². The van der Waals surface area contributed by atoms with E-state index in [-0.39, 0.29) is 17.4 Å². The SMILES string of the molecule is CC(C)(C)OC(=O)N1CCC2(CC1)CC(=O)N(c1ccc3sccc3c1)C2. The van der Waals surface area contributed by atoms with Gasteiger partial charge in [0.25, 0.3) is 0 Å². The van der Waals surface area contributed by atoms with Crippen molar-refractivity contribution in [1.82, 2.24) is 4.90 Å². The lowest BCUT2D eigenvalue weighted by molar-refractivity contribution is -0.118. The van der Waals surface area contributed by atoms with Gasteiger partial charge in [0.15, 0.2) is 0 Å². The van der Waals surface area contributed by atoms with Crippen LogP contribution in [0, 0.1) is 5.41 Å². The normalized spacial score (nSPS) is 19.9. The Morgan fingerprint density at radius 1 is 1.19 bits per heavy atom. The van der Waals surface area contributed by atoms with Crippen LogP contribution in [0.25, 0.3) is 10.1 Å². The lowest BCUT2D eigenvalue weighted by Gasteiger charge is -2.39. The van der Waals surface area contributed by atoms with Crippen molar-refractivity contribution in [3.63, 3.8) is 0 Å². The second-order valence-corrected chi connectivity index (χ2v) is 9.71. The summed E-state index contributed by atoms with van der Waals surface area (Å²) in [6, 6.07) is 8.35. The maximum absolute atomic E-state index is 12.7. The zero-order valence-corrected chi connectivity index (χ0v) is 17.0. The molecular formula is C21H26N2O3S. The molecule has 0 atom stereocenters. The van der Waals surface area contributed by atoms with Gasteiger partial charge in [0, 0.05) is 41.9 Å². The van der Waals surface area contributed by atoms with Gasteiger partial charge in [-0.15, -0.1) is 11.3 Å². The molecule has 2 aliphatic heterocycles. The molecular weight excluding hydrogens is 360 g/mol. The van der Waals surface area contributed by atoms with Crippen LogP contribution in [0.1, 0.15) is 40.0 Å². The number of carbonyl (C=O) groups excluding carboxylic acids is 2. The Kier molecular flexibility index (Phi) is 4.41. The largest absolute Gasteiger partial charge is 0.444 e. The lowest BCUT2D eigenvalue weighted by atomic mass is 9.78. The molecule has 0 saturated carbocycles. The average molecular weight is 387 g/mol. The summed E-state index contributed by atoms with van der Waals surface area (Å²) in [5.74, 6) is 0.190. The third kappa shape index (κ3) is 3.68. The van der Waals surface area contributed by atoms with Crippen molar-refractivity contribution in [1.29, 1.82) is 0 Å². The van der Waals surface area contributed by atoms with Gasteiger partial charge in [-0.1, -0.05) is 0 Å². The summed E-state index contributed by atoms with van der Waals surface area (Å²) in [6.07, 6.45) is 2.00. The molecule has 0 radical (unpaired) electrons. The van der Waals surface area contributed by atoms with Gasteiger partial charge in [0.05, 0.1) is 0 Å². The number of amides is 2. The van der Waals surface area contributed by atoms with Crippen molar-refractivity contribution in [2.45, 2.75) is 45.6 Å². The van der Waals surface area contributed by atoms with Gasteiger partial charge < -0.3 is 14.5 Å². The van der Waals surface area contributed by atoms with Crippen molar-refractivity contribution < 1.29 is 14.3 Å². The van der Waals surface area contributed by atoms with E-state index in [1.165, 1.54) is 10.1 Å². The third-order valence-corrected chi connectivity index (χ3v) is 6.44. The highest BCUT2D eigenvalue weighted by Gasteiger charge is 2.46. The van der Waals surface area contributed by atoms with Gasteiger partial charge in [-0.3, -0.25) is 4.79 Å². The topological polar surface area (TPSA) is 49.9 Å². The standard InChI is InChI=1S/C21H26N2O3S/c1-20(2,3)26-19(25)22-9-7-21(8-10-22)13-18(24)23(14-21)16-4-5-17-15(12-16)6-11-27-17/h4-6,11-12H,7-10,13-14H2,1-3H3. The van der Waals surface area contributed by atoms with E-state index in [1.807, 2.05) is 31.7 Å². The minimum Gasteiger partial charge on any atom is -0.444 e. The fourth-order valence-electron chi connectivity index (χ4n) is 4.08. The quantitative estimate of drug-likeness (QED) is 0.716. The molecule has 0 unspecified atom stereocenters. The summed E-state index contributed by atoms with van der Waals surface area (Å²) < 4.78 is 6.73. The molecule has 1 spiro atoms. The van der Waals surface area contributed by atoms with E-state index >= 15 is 0 Å². The number of piperidine rings is 1. The summed E-state index contributed by atoms with van der Waals surface area (Å²) in [4.78, 5) is 28.8. The molecule has 2 amide bonds. The Bertz CT molecular complexity index is 875. The number of benzene rings is 1.